The van der Waals surface area contributed by atoms with Gasteiger partial charge >= 0.3 is 0 Å². The number of anilines is 1. The van der Waals surface area contributed by atoms with Crippen LogP contribution in [0.15, 0.2) is 18.2 Å². The van der Waals surface area contributed by atoms with Crippen LogP contribution >= 0.6 is 0 Å². The van der Waals surface area contributed by atoms with Crippen molar-refractivity contribution in [2.24, 2.45) is 11.3 Å². The lowest BCUT2D eigenvalue weighted by atomic mass is 9.90. The minimum absolute atomic E-state index is 0.0141. The van der Waals surface area contributed by atoms with Gasteiger partial charge in [0.15, 0.2) is 0 Å². The number of nitrogens with one attached hydrogen (secondary N) is 1. The molecule has 1 aliphatic rings. The molecular weight excluding hydrogens is 288 g/mol. The van der Waals surface area contributed by atoms with Crippen LogP contribution in [0.1, 0.15) is 44.7 Å². The van der Waals surface area contributed by atoms with Gasteiger partial charge in [0.1, 0.15) is 0 Å². The van der Waals surface area contributed by atoms with E-state index in [1.165, 1.54) is 5.56 Å². The molecule has 1 aromatic rings. The van der Waals surface area contributed by atoms with Crippen LogP contribution in [0.5, 0.6) is 0 Å². The third-order valence-corrected chi connectivity index (χ3v) is 4.43. The molecule has 0 atom stereocenters. The highest BCUT2D eigenvalue weighted by Crippen LogP contribution is 2.25. The number of amides is 2. The molecular formula is C19H28N2O2. The summed E-state index contributed by atoms with van der Waals surface area (Å²) in [5.41, 5.74) is 2.80. The summed E-state index contributed by atoms with van der Waals surface area (Å²) in [4.78, 5) is 26.6. The average molecular weight is 316 g/mol. The quantitative estimate of drug-likeness (QED) is 0.907. The largest absolute Gasteiger partial charge is 0.342 e. The molecule has 1 heterocycles. The first kappa shape index (κ1) is 17.5. The summed E-state index contributed by atoms with van der Waals surface area (Å²) in [5, 5.41) is 3.04. The Morgan fingerprint density at radius 3 is 2.26 bits per heavy atom. The monoisotopic (exact) mass is 316 g/mol. The van der Waals surface area contributed by atoms with Crippen molar-refractivity contribution < 1.29 is 9.59 Å². The molecule has 1 aromatic carbocycles. The highest BCUT2D eigenvalue weighted by atomic mass is 16.2. The number of nitrogens with zero attached hydrogens (tertiary/aromatic N) is 1. The van der Waals surface area contributed by atoms with Crippen molar-refractivity contribution in [3.05, 3.63) is 29.3 Å². The number of rotatable bonds is 2. The van der Waals surface area contributed by atoms with Crippen LogP contribution in [0.3, 0.4) is 0 Å². The summed E-state index contributed by atoms with van der Waals surface area (Å²) in [6.07, 6.45) is 1.47. The molecule has 126 valence electrons. The number of piperidine rings is 1. The molecule has 0 radical (unpaired) electrons. The van der Waals surface area contributed by atoms with E-state index in [9.17, 15) is 9.59 Å². The molecule has 1 aliphatic heterocycles. The predicted molar refractivity (Wildman–Crippen MR) is 93.3 cm³/mol. The van der Waals surface area contributed by atoms with Gasteiger partial charge in [-0.2, -0.15) is 0 Å². The molecule has 0 saturated carbocycles. The third kappa shape index (κ3) is 4.34. The average Bonchev–Trinajstić information content (AvgIpc) is 2.48. The molecule has 0 spiro atoms. The topological polar surface area (TPSA) is 49.4 Å². The van der Waals surface area contributed by atoms with Crippen LogP contribution in [0, 0.1) is 25.2 Å². The van der Waals surface area contributed by atoms with Gasteiger partial charge in [0, 0.05) is 30.1 Å². The summed E-state index contributed by atoms with van der Waals surface area (Å²) >= 11 is 0. The van der Waals surface area contributed by atoms with Crippen molar-refractivity contribution >= 4 is 17.5 Å². The number of hydrogen-bond donors (Lipinski definition) is 1. The molecule has 23 heavy (non-hydrogen) atoms. The predicted octanol–water partition coefficient (Wildman–Crippen LogP) is 3.53. The van der Waals surface area contributed by atoms with Gasteiger partial charge < -0.3 is 10.2 Å². The minimum Gasteiger partial charge on any atom is -0.342 e. The van der Waals surface area contributed by atoms with Gasteiger partial charge in [-0.15, -0.1) is 0 Å². The van der Waals surface area contributed by atoms with Crippen LogP contribution < -0.4 is 5.32 Å². The van der Waals surface area contributed by atoms with Gasteiger partial charge in [0.25, 0.3) is 0 Å². The van der Waals surface area contributed by atoms with Crippen LogP contribution in [0.25, 0.3) is 0 Å². The number of aryl methyl sites for hydroxylation is 2. The SMILES string of the molecule is Cc1ccc(NC(=O)C2CCN(C(=O)C(C)(C)C)CC2)c(C)c1. The number of carbonyl (C=O) groups excluding carboxylic acids is 2. The lowest BCUT2D eigenvalue weighted by Crippen LogP contribution is -2.45. The van der Waals surface area contributed by atoms with E-state index in [1.54, 1.807) is 0 Å². The maximum absolute atomic E-state index is 12.5. The van der Waals surface area contributed by atoms with Gasteiger partial charge in [0.05, 0.1) is 0 Å². The van der Waals surface area contributed by atoms with E-state index in [4.69, 9.17) is 0 Å². The summed E-state index contributed by atoms with van der Waals surface area (Å²) in [6, 6.07) is 6.04. The molecule has 0 aromatic heterocycles. The maximum Gasteiger partial charge on any atom is 0.227 e. The Bertz CT molecular complexity index is 594. The van der Waals surface area contributed by atoms with E-state index >= 15 is 0 Å². The number of benzene rings is 1. The van der Waals surface area contributed by atoms with Crippen molar-refractivity contribution in [3.8, 4) is 0 Å². The van der Waals surface area contributed by atoms with Gasteiger partial charge in [-0.1, -0.05) is 38.5 Å². The van der Waals surface area contributed by atoms with Gasteiger partial charge in [-0.3, -0.25) is 9.59 Å². The Balaban J connectivity index is 1.92. The fourth-order valence-corrected chi connectivity index (χ4v) is 3.01. The zero-order valence-corrected chi connectivity index (χ0v) is 14.9. The zero-order chi connectivity index (χ0) is 17.2. The molecule has 2 rings (SSSR count). The van der Waals surface area contributed by atoms with E-state index in [0.717, 1.165) is 24.1 Å². The Labute approximate surface area is 139 Å². The van der Waals surface area contributed by atoms with Crippen molar-refractivity contribution in [2.45, 2.75) is 47.5 Å². The van der Waals surface area contributed by atoms with Gasteiger partial charge in [-0.25, -0.2) is 0 Å². The second-order valence-electron chi connectivity index (χ2n) is 7.62. The highest BCUT2D eigenvalue weighted by Gasteiger charge is 2.32. The van der Waals surface area contributed by atoms with Crippen LogP contribution in [-0.2, 0) is 9.59 Å². The van der Waals surface area contributed by atoms with Gasteiger partial charge in [0.2, 0.25) is 11.8 Å². The molecule has 1 fully saturated rings. The second kappa shape index (κ2) is 6.73. The normalized spacial score (nSPS) is 16.3. The lowest BCUT2D eigenvalue weighted by molar-refractivity contribution is -0.142. The number of hydrogen-bond acceptors (Lipinski definition) is 2. The zero-order valence-electron chi connectivity index (χ0n) is 14.9. The first-order chi connectivity index (χ1) is 10.7. The van der Waals surface area contributed by atoms with Crippen molar-refractivity contribution in [1.82, 2.24) is 4.90 Å². The summed E-state index contributed by atoms with van der Waals surface area (Å²) < 4.78 is 0. The molecule has 1 N–H and O–H groups in total. The third-order valence-electron chi connectivity index (χ3n) is 4.43. The van der Waals surface area contributed by atoms with Crippen LogP contribution in [0.4, 0.5) is 5.69 Å². The Morgan fingerprint density at radius 1 is 1.13 bits per heavy atom. The molecule has 2 amide bonds. The Kier molecular flexibility index (Phi) is 5.12. The number of carbonyl (C=O) groups is 2. The highest BCUT2D eigenvalue weighted by molar-refractivity contribution is 5.93. The van der Waals surface area contributed by atoms with E-state index in [-0.39, 0.29) is 23.1 Å². The first-order valence-electron chi connectivity index (χ1n) is 8.36. The van der Waals surface area contributed by atoms with Crippen molar-refractivity contribution in [1.29, 1.82) is 0 Å². The Morgan fingerprint density at radius 2 is 1.74 bits per heavy atom. The fourth-order valence-electron chi connectivity index (χ4n) is 3.01. The molecule has 1 saturated heterocycles. The summed E-state index contributed by atoms with van der Waals surface area (Å²) in [6.45, 7) is 11.2. The molecule has 0 bridgehead atoms. The Hall–Kier alpha value is -1.84. The summed E-state index contributed by atoms with van der Waals surface area (Å²) in [7, 11) is 0. The summed E-state index contributed by atoms with van der Waals surface area (Å²) in [5.74, 6) is 0.227. The molecule has 4 heteroatoms. The molecule has 0 aliphatic carbocycles. The van der Waals surface area contributed by atoms with Crippen molar-refractivity contribution in [3.63, 3.8) is 0 Å². The fraction of sp³-hybridized carbons (Fsp3) is 0.579. The van der Waals surface area contributed by atoms with Crippen LogP contribution in [0.2, 0.25) is 0 Å². The lowest BCUT2D eigenvalue weighted by Gasteiger charge is -2.35. The molecule has 4 nitrogen and oxygen atoms in total. The smallest absolute Gasteiger partial charge is 0.227 e. The van der Waals surface area contributed by atoms with E-state index in [0.29, 0.717) is 13.1 Å². The van der Waals surface area contributed by atoms with Gasteiger partial charge in [-0.05, 0) is 38.3 Å². The maximum atomic E-state index is 12.5. The first-order valence-corrected chi connectivity index (χ1v) is 8.36. The second-order valence-corrected chi connectivity index (χ2v) is 7.62. The standard InChI is InChI=1S/C19H28N2O2/c1-13-6-7-16(14(2)12-13)20-17(22)15-8-10-21(11-9-15)18(23)19(3,4)5/h6-7,12,15H,8-11H2,1-5H3,(H,20,22). The van der Waals surface area contributed by atoms with E-state index in [1.807, 2.05) is 51.7 Å². The number of likely N-dealkylation sites (tertiary alicyclic amines) is 1. The minimum atomic E-state index is -0.353. The molecule has 0 unspecified atom stereocenters. The van der Waals surface area contributed by atoms with Crippen molar-refractivity contribution in [2.75, 3.05) is 18.4 Å². The van der Waals surface area contributed by atoms with E-state index < -0.39 is 0 Å². The van der Waals surface area contributed by atoms with Crippen LogP contribution in [-0.4, -0.2) is 29.8 Å². The van der Waals surface area contributed by atoms with E-state index in [2.05, 4.69) is 11.4 Å².